The van der Waals surface area contributed by atoms with Gasteiger partial charge in [-0.1, -0.05) is 65.3 Å². The van der Waals surface area contributed by atoms with E-state index in [1.165, 1.54) is 0 Å². The van der Waals surface area contributed by atoms with E-state index in [0.717, 1.165) is 0 Å². The first-order valence-electron chi connectivity index (χ1n) is 0.436. The van der Waals surface area contributed by atoms with Gasteiger partial charge in [0.2, 0.25) is 0 Å². The zero-order chi connectivity index (χ0) is 4.00. The standard InChI is InChI=1S/CH4.2H2IP.2HI.K.2H3P.H/c;2*1-2;;;;;;/h1H4;2*2H2;2*1H;;2*1H3;/q;;;;;+1;;;-1/i;;;;;;;;1+1. The fraction of sp³-hybridized carbons (Fsp3) is 1.00. The van der Waals surface area contributed by atoms with Gasteiger partial charge in [0.05, 0.1) is 0 Å². The number of rotatable bonds is 0. The van der Waals surface area contributed by atoms with Crippen molar-refractivity contribution in [1.82, 2.24) is 0 Å². The van der Waals surface area contributed by atoms with Crippen LogP contribution in [0.25, 0.3) is 0 Å². The predicted molar refractivity (Wildman–Crippen MR) is 108 cm³/mol. The third-order valence-corrected chi connectivity index (χ3v) is 0. The molecule has 0 aromatic carbocycles. The monoisotopic (exact) mass is 701 g/mol. The van der Waals surface area contributed by atoms with Crippen LogP contribution in [0.1, 0.15) is 8.85 Å². The molecule has 0 nitrogen and oxygen atoms in total. The van der Waals surface area contributed by atoms with Crippen LogP contribution >= 0.6 is 126 Å². The van der Waals surface area contributed by atoms with E-state index in [-0.39, 0.29) is 128 Å². The van der Waals surface area contributed by atoms with E-state index in [1.54, 1.807) is 0 Å². The second-order valence-electron chi connectivity index (χ2n) is 0. The third kappa shape index (κ3) is 63.9. The average Bonchev–Trinajstić information content (AvgIpc) is 1.50. The van der Waals surface area contributed by atoms with Gasteiger partial charge in [0, 0.05) is 0 Å². The Morgan fingerprint density at radius 2 is 0.800 bits per heavy atom. The summed E-state index contributed by atoms with van der Waals surface area (Å²) in [6.45, 7) is 4.77. The maximum atomic E-state index is 2.39. The summed E-state index contributed by atoms with van der Waals surface area (Å²) >= 11 is 4.13. The molecule has 0 aromatic rings. The maximum Gasteiger partial charge on any atom is 1.00 e. The van der Waals surface area contributed by atoms with Crippen molar-refractivity contribution in [2.75, 3.05) is 0 Å². The Hall–Kier alpha value is 6.28. The predicted octanol–water partition coefficient (Wildman–Crippen LogP) is 1.53. The van der Waals surface area contributed by atoms with Crippen molar-refractivity contribution in [3.63, 3.8) is 0 Å². The van der Waals surface area contributed by atoms with Crippen molar-refractivity contribution >= 4 is 126 Å². The van der Waals surface area contributed by atoms with Crippen molar-refractivity contribution in [2.45, 2.75) is 7.43 Å². The summed E-state index contributed by atoms with van der Waals surface area (Å²) in [7, 11) is 0. The second kappa shape index (κ2) is 79.0. The molecule has 0 heterocycles. The number of hydrogen-bond acceptors (Lipinski definition) is 0. The maximum absolute atomic E-state index is 2.39. The van der Waals surface area contributed by atoms with E-state index in [0.29, 0.717) is 0 Å². The van der Waals surface area contributed by atoms with Gasteiger partial charge in [-0.2, -0.15) is 19.8 Å². The van der Waals surface area contributed by atoms with Crippen LogP contribution in [0.2, 0.25) is 0 Å². The zero-order valence-corrected chi connectivity index (χ0v) is 22.4. The van der Waals surface area contributed by atoms with E-state index in [9.17, 15) is 0 Å². The Labute approximate surface area is 181 Å². The van der Waals surface area contributed by atoms with Crippen molar-refractivity contribution in [2.24, 2.45) is 0 Å². The molecule has 0 fully saturated rings. The van der Waals surface area contributed by atoms with Crippen LogP contribution in [0.4, 0.5) is 0 Å². The van der Waals surface area contributed by atoms with Crippen LogP contribution in [0.15, 0.2) is 0 Å². The molecule has 0 aliphatic heterocycles. The molecule has 0 N–H and O–H groups in total. The largest absolute Gasteiger partial charge is 1.00 e. The summed E-state index contributed by atoms with van der Waals surface area (Å²) in [6.07, 6.45) is 0. The first-order valence-corrected chi connectivity index (χ1v) is 8.78. The molecule has 0 aliphatic carbocycles. The van der Waals surface area contributed by atoms with Gasteiger partial charge in [0.15, 0.2) is 0 Å². The van der Waals surface area contributed by atoms with Gasteiger partial charge in [-0.3, -0.25) is 0 Å². The van der Waals surface area contributed by atoms with Gasteiger partial charge < -0.3 is 1.43 Å². The molecule has 4 atom stereocenters. The molecule has 0 bridgehead atoms. The minimum atomic E-state index is 0. The zero-order valence-electron chi connectivity index (χ0n) is 6.14. The van der Waals surface area contributed by atoms with Crippen LogP contribution in [0, 0.1) is 0 Å². The molecule has 9 heteroatoms. The number of hydrogen-bond donors (Lipinski definition) is 0. The Morgan fingerprint density at radius 3 is 0.800 bits per heavy atom. The van der Waals surface area contributed by atoms with Crippen LogP contribution < -0.4 is 51.4 Å². The van der Waals surface area contributed by atoms with Crippen molar-refractivity contribution in [3.05, 3.63) is 0 Å². The number of halogens is 4. The van der Waals surface area contributed by atoms with Crippen LogP contribution in [0.3, 0.4) is 0 Å². The van der Waals surface area contributed by atoms with Gasteiger partial charge >= 0.3 is 51.4 Å². The molecule has 0 saturated heterocycles. The Bertz CT molecular complexity index is 22.1. The SMILES string of the molecule is C.I.I.P.P.PI.PI.[2H-].[K+]. The van der Waals surface area contributed by atoms with Gasteiger partial charge in [-0.05, 0) is 0 Å². The third-order valence-electron chi connectivity index (χ3n) is 0. The summed E-state index contributed by atoms with van der Waals surface area (Å²) in [5, 5.41) is 0. The van der Waals surface area contributed by atoms with Crippen LogP contribution in [0.5, 0.6) is 0 Å². The van der Waals surface area contributed by atoms with E-state index in [4.69, 9.17) is 0 Å². The summed E-state index contributed by atoms with van der Waals surface area (Å²) in [5.74, 6) is 0. The topological polar surface area (TPSA) is 0 Å². The summed E-state index contributed by atoms with van der Waals surface area (Å²) in [4.78, 5) is 0. The molecule has 70 valence electrons. The quantitative estimate of drug-likeness (QED) is 0.205. The van der Waals surface area contributed by atoms with E-state index in [2.05, 4.69) is 57.8 Å². The first kappa shape index (κ1) is 55.5. The Balaban J connectivity index is -0.000000000635. The normalized spacial score (nSPS) is 1.20. The van der Waals surface area contributed by atoms with Gasteiger partial charge in [0.25, 0.3) is 0 Å². The smallest absolute Gasteiger partial charge is 1.00 e. The Kier molecular flexibility index (Phi) is 438. The van der Waals surface area contributed by atoms with Gasteiger partial charge in [0.1, 0.15) is 0 Å². The molecular weight excluding hydrogens is 683 g/mol. The van der Waals surface area contributed by atoms with E-state index < -0.39 is 0 Å². The van der Waals surface area contributed by atoms with Crippen LogP contribution in [-0.2, 0) is 0 Å². The summed E-state index contributed by atoms with van der Waals surface area (Å²) in [6, 6.07) is 0. The molecule has 4 unspecified atom stereocenters. The molecule has 0 rings (SSSR count). The molecule has 0 saturated carbocycles. The molecule has 0 aromatic heterocycles. The van der Waals surface area contributed by atoms with Crippen LogP contribution in [-0.4, -0.2) is 0 Å². The van der Waals surface area contributed by atoms with Gasteiger partial charge in [-0.25, -0.2) is 0 Å². The second-order valence-corrected chi connectivity index (χ2v) is 0. The molecule has 0 radical (unpaired) electrons. The molecule has 0 aliphatic rings. The fourth-order valence-electron chi connectivity index (χ4n) is 0. The van der Waals surface area contributed by atoms with Crippen molar-refractivity contribution in [3.8, 4) is 0 Å². The molecule has 10 heavy (non-hydrogen) atoms. The molecular formula is CH17I4KP4. The average molecular weight is 701 g/mol. The minimum Gasteiger partial charge on any atom is -1.00 e. The molecule has 0 spiro atoms. The van der Waals surface area contributed by atoms with Crippen molar-refractivity contribution < 1.29 is 52.8 Å². The molecule has 0 amide bonds. The Morgan fingerprint density at radius 1 is 0.800 bits per heavy atom. The summed E-state index contributed by atoms with van der Waals surface area (Å²) < 4.78 is 0. The summed E-state index contributed by atoms with van der Waals surface area (Å²) in [5.41, 5.74) is 0. The minimum absolute atomic E-state index is 0. The fourth-order valence-corrected chi connectivity index (χ4v) is 0. The first-order chi connectivity index (χ1) is 2.00. The van der Waals surface area contributed by atoms with Crippen molar-refractivity contribution in [1.29, 1.82) is 0 Å². The van der Waals surface area contributed by atoms with Gasteiger partial charge in [-0.15, -0.1) is 48.0 Å². The van der Waals surface area contributed by atoms with E-state index in [1.807, 2.05) is 0 Å². The van der Waals surface area contributed by atoms with E-state index >= 15 is 0 Å².